The first kappa shape index (κ1) is 13.3. The van der Waals surface area contributed by atoms with E-state index in [9.17, 15) is 20.1 Å². The molecule has 5 atom stereocenters. The molecule has 1 heterocycles. The number of nitrogens with two attached hydrogens (primary N) is 1. The molecule has 0 aliphatic carbocycles. The van der Waals surface area contributed by atoms with Crippen LogP contribution >= 0.6 is 0 Å². The zero-order valence-electron chi connectivity index (χ0n) is 8.48. The van der Waals surface area contributed by atoms with Crippen molar-refractivity contribution >= 4 is 5.91 Å². The number of hydrogen-bond acceptors (Lipinski definition) is 7. The molecule has 0 aromatic rings. The van der Waals surface area contributed by atoms with E-state index in [0.29, 0.717) is 0 Å². The lowest BCUT2D eigenvalue weighted by atomic mass is 9.98. The standard InChI is InChI=1S/C8H16N2O6/c9-1-4(12)10-8-7(15)6(14)5(13)3(2-11)16-8/h3,5-8,11,13-15H,1-2,9H2,(H,10,12)/t3-,5+,6-,7-,8-/m0/s1. The fourth-order valence-corrected chi connectivity index (χ4v) is 1.44. The van der Waals surface area contributed by atoms with Gasteiger partial charge in [0.15, 0.2) is 6.23 Å². The number of aliphatic hydroxyl groups excluding tert-OH is 4. The van der Waals surface area contributed by atoms with Crippen LogP contribution in [0.25, 0.3) is 0 Å². The summed E-state index contributed by atoms with van der Waals surface area (Å²) >= 11 is 0. The minimum absolute atomic E-state index is 0.297. The zero-order chi connectivity index (χ0) is 12.3. The monoisotopic (exact) mass is 236 g/mol. The second kappa shape index (κ2) is 5.53. The van der Waals surface area contributed by atoms with Crippen LogP contribution in [0.15, 0.2) is 0 Å². The number of amides is 1. The summed E-state index contributed by atoms with van der Waals surface area (Å²) < 4.78 is 5.01. The molecule has 1 saturated heterocycles. The van der Waals surface area contributed by atoms with Crippen LogP contribution in [0.5, 0.6) is 0 Å². The highest BCUT2D eigenvalue weighted by Gasteiger charge is 2.43. The molecule has 0 spiro atoms. The van der Waals surface area contributed by atoms with E-state index in [4.69, 9.17) is 15.6 Å². The molecule has 0 bridgehead atoms. The van der Waals surface area contributed by atoms with Gasteiger partial charge in [0.25, 0.3) is 0 Å². The molecule has 0 saturated carbocycles. The maximum absolute atomic E-state index is 11.0. The van der Waals surface area contributed by atoms with E-state index in [1.54, 1.807) is 0 Å². The van der Waals surface area contributed by atoms with Crippen LogP contribution in [0.1, 0.15) is 0 Å². The first-order chi connectivity index (χ1) is 7.51. The minimum Gasteiger partial charge on any atom is -0.394 e. The van der Waals surface area contributed by atoms with Gasteiger partial charge in [-0.15, -0.1) is 0 Å². The van der Waals surface area contributed by atoms with Crippen molar-refractivity contribution in [3.8, 4) is 0 Å². The van der Waals surface area contributed by atoms with Crippen LogP contribution in [0.2, 0.25) is 0 Å². The molecule has 0 radical (unpaired) electrons. The predicted octanol–water partition coefficient (Wildman–Crippen LogP) is -4.14. The lowest BCUT2D eigenvalue weighted by molar-refractivity contribution is -0.235. The van der Waals surface area contributed by atoms with Crippen molar-refractivity contribution in [3.63, 3.8) is 0 Å². The van der Waals surface area contributed by atoms with E-state index < -0.39 is 43.2 Å². The Balaban J connectivity index is 2.67. The molecule has 16 heavy (non-hydrogen) atoms. The normalized spacial score (nSPS) is 39.4. The highest BCUT2D eigenvalue weighted by molar-refractivity contribution is 5.77. The maximum atomic E-state index is 11.0. The molecule has 94 valence electrons. The van der Waals surface area contributed by atoms with E-state index >= 15 is 0 Å². The van der Waals surface area contributed by atoms with E-state index in [0.717, 1.165) is 0 Å². The molecule has 0 aromatic carbocycles. The number of carbonyl (C=O) groups excluding carboxylic acids is 1. The number of aliphatic hydroxyl groups is 4. The van der Waals surface area contributed by atoms with Crippen molar-refractivity contribution in [2.75, 3.05) is 13.2 Å². The summed E-state index contributed by atoms with van der Waals surface area (Å²) in [5, 5.41) is 39.4. The lowest BCUT2D eigenvalue weighted by Gasteiger charge is -2.40. The number of ether oxygens (including phenoxy) is 1. The van der Waals surface area contributed by atoms with Gasteiger partial charge in [0, 0.05) is 0 Å². The Morgan fingerprint density at radius 1 is 1.25 bits per heavy atom. The topological polar surface area (TPSA) is 145 Å². The van der Waals surface area contributed by atoms with Crippen molar-refractivity contribution in [3.05, 3.63) is 0 Å². The third kappa shape index (κ3) is 2.67. The summed E-state index contributed by atoms with van der Waals surface area (Å²) in [6, 6.07) is 0. The van der Waals surface area contributed by atoms with Crippen molar-refractivity contribution in [2.45, 2.75) is 30.6 Å². The average molecular weight is 236 g/mol. The Kier molecular flexibility index (Phi) is 4.59. The molecule has 7 N–H and O–H groups in total. The molecule has 1 fully saturated rings. The molecule has 0 aromatic heterocycles. The van der Waals surface area contributed by atoms with Crippen LogP contribution in [0, 0.1) is 0 Å². The molecule has 8 nitrogen and oxygen atoms in total. The van der Waals surface area contributed by atoms with Gasteiger partial charge in [-0.3, -0.25) is 4.79 Å². The molecule has 1 aliphatic heterocycles. The van der Waals surface area contributed by atoms with Crippen LogP contribution in [0.3, 0.4) is 0 Å². The molecule has 1 amide bonds. The molecule has 1 rings (SSSR count). The van der Waals surface area contributed by atoms with Crippen molar-refractivity contribution in [1.29, 1.82) is 0 Å². The summed E-state index contributed by atoms with van der Waals surface area (Å²) in [6.07, 6.45) is -6.67. The Hall–Kier alpha value is -0.770. The lowest BCUT2D eigenvalue weighted by Crippen LogP contribution is -2.63. The van der Waals surface area contributed by atoms with E-state index in [1.165, 1.54) is 0 Å². The van der Waals surface area contributed by atoms with Gasteiger partial charge in [-0.25, -0.2) is 0 Å². The summed E-state index contributed by atoms with van der Waals surface area (Å²) in [6.45, 7) is -0.838. The van der Waals surface area contributed by atoms with E-state index in [2.05, 4.69) is 5.32 Å². The van der Waals surface area contributed by atoms with E-state index in [1.807, 2.05) is 0 Å². The summed E-state index contributed by atoms with van der Waals surface area (Å²) in [5.41, 5.74) is 5.05. The Morgan fingerprint density at radius 2 is 1.88 bits per heavy atom. The summed E-state index contributed by atoms with van der Waals surface area (Å²) in [4.78, 5) is 11.0. The van der Waals surface area contributed by atoms with Crippen LogP contribution < -0.4 is 11.1 Å². The zero-order valence-corrected chi connectivity index (χ0v) is 8.48. The second-order valence-corrected chi connectivity index (χ2v) is 3.52. The number of hydrogen-bond donors (Lipinski definition) is 6. The Bertz CT molecular complexity index is 249. The quantitative estimate of drug-likeness (QED) is 0.292. The third-order valence-electron chi connectivity index (χ3n) is 2.38. The Morgan fingerprint density at radius 3 is 2.38 bits per heavy atom. The second-order valence-electron chi connectivity index (χ2n) is 3.52. The van der Waals surface area contributed by atoms with Crippen molar-refractivity contribution in [1.82, 2.24) is 5.32 Å². The maximum Gasteiger partial charge on any atom is 0.235 e. The summed E-state index contributed by atoms with van der Waals surface area (Å²) in [7, 11) is 0. The average Bonchev–Trinajstić information content (AvgIpc) is 2.29. The molecule has 0 unspecified atom stereocenters. The van der Waals surface area contributed by atoms with Crippen LogP contribution in [0.4, 0.5) is 0 Å². The number of carbonyl (C=O) groups is 1. The van der Waals surface area contributed by atoms with Gasteiger partial charge in [-0.05, 0) is 0 Å². The van der Waals surface area contributed by atoms with Gasteiger partial charge >= 0.3 is 0 Å². The number of nitrogens with one attached hydrogen (secondary N) is 1. The van der Waals surface area contributed by atoms with Gasteiger partial charge in [0.1, 0.15) is 24.4 Å². The highest BCUT2D eigenvalue weighted by atomic mass is 16.6. The first-order valence-electron chi connectivity index (χ1n) is 4.81. The van der Waals surface area contributed by atoms with Gasteiger partial charge in [-0.2, -0.15) is 0 Å². The van der Waals surface area contributed by atoms with Crippen LogP contribution in [-0.4, -0.2) is 70.1 Å². The number of rotatable bonds is 3. The molecule has 8 heteroatoms. The molecular weight excluding hydrogens is 220 g/mol. The summed E-state index contributed by atoms with van der Waals surface area (Å²) in [5.74, 6) is -0.579. The highest BCUT2D eigenvalue weighted by Crippen LogP contribution is 2.19. The molecular formula is C8H16N2O6. The first-order valence-corrected chi connectivity index (χ1v) is 4.81. The van der Waals surface area contributed by atoms with Gasteiger partial charge in [0.2, 0.25) is 5.91 Å². The SMILES string of the molecule is NCC(=O)N[C@H]1O[C@@H](CO)[C@@H](O)[C@H](O)[C@@H]1O. The van der Waals surface area contributed by atoms with Crippen molar-refractivity contribution in [2.24, 2.45) is 5.73 Å². The Labute approximate surface area is 91.6 Å². The van der Waals surface area contributed by atoms with Crippen LogP contribution in [-0.2, 0) is 9.53 Å². The third-order valence-corrected chi connectivity index (χ3v) is 2.38. The molecule has 1 aliphatic rings. The van der Waals surface area contributed by atoms with Gasteiger partial charge in [0.05, 0.1) is 13.2 Å². The largest absolute Gasteiger partial charge is 0.394 e. The fourth-order valence-electron chi connectivity index (χ4n) is 1.44. The predicted molar refractivity (Wildman–Crippen MR) is 51.0 cm³/mol. The minimum atomic E-state index is -1.51. The van der Waals surface area contributed by atoms with Crippen molar-refractivity contribution < 1.29 is 30.0 Å². The van der Waals surface area contributed by atoms with Gasteiger partial charge < -0.3 is 36.2 Å². The fraction of sp³-hybridized carbons (Fsp3) is 0.875. The van der Waals surface area contributed by atoms with Gasteiger partial charge in [-0.1, -0.05) is 0 Å². The van der Waals surface area contributed by atoms with E-state index in [-0.39, 0.29) is 6.54 Å². The smallest absolute Gasteiger partial charge is 0.235 e.